The molecule has 1 atom stereocenters. The predicted molar refractivity (Wildman–Crippen MR) is 83.2 cm³/mol. The van der Waals surface area contributed by atoms with Gasteiger partial charge in [-0.05, 0) is 0 Å². The van der Waals surface area contributed by atoms with E-state index < -0.39 is 0 Å². The molecule has 1 aromatic rings. The molecule has 0 saturated carbocycles. The Kier molecular flexibility index (Phi) is 4.55. The van der Waals surface area contributed by atoms with Gasteiger partial charge in [-0.1, -0.05) is 0 Å². The summed E-state index contributed by atoms with van der Waals surface area (Å²) in [7, 11) is 0. The van der Waals surface area contributed by atoms with E-state index in [9.17, 15) is 0 Å². The minimum absolute atomic E-state index is 0.243. The summed E-state index contributed by atoms with van der Waals surface area (Å²) < 4.78 is 7.73. The van der Waals surface area contributed by atoms with Crippen molar-refractivity contribution in [2.24, 2.45) is 11.3 Å². The van der Waals surface area contributed by atoms with Crippen molar-refractivity contribution < 1.29 is 4.74 Å². The first kappa shape index (κ1) is 14.8. The van der Waals surface area contributed by atoms with Crippen LogP contribution in [0.1, 0.15) is 50.7 Å². The molecule has 0 aliphatic carbocycles. The third-order valence-electron chi connectivity index (χ3n) is 3.09. The third-order valence-corrected chi connectivity index (χ3v) is 6.42. The van der Waals surface area contributed by atoms with E-state index in [-0.39, 0.29) is 10.4 Å². The van der Waals surface area contributed by atoms with Crippen LogP contribution in [0.5, 0.6) is 0 Å². The third kappa shape index (κ3) is 3.72. The van der Waals surface area contributed by atoms with Gasteiger partial charge in [-0.25, -0.2) is 0 Å². The van der Waals surface area contributed by atoms with Gasteiger partial charge >= 0.3 is 123 Å². The van der Waals surface area contributed by atoms with E-state index in [2.05, 4.69) is 65.0 Å². The van der Waals surface area contributed by atoms with E-state index in [1.54, 1.807) is 4.47 Å². The molecule has 1 heterocycles. The molecule has 0 radical (unpaired) electrons. The first-order valence-corrected chi connectivity index (χ1v) is 8.82. The molecule has 0 fully saturated rings. The van der Waals surface area contributed by atoms with Gasteiger partial charge in [-0.15, -0.1) is 0 Å². The second kappa shape index (κ2) is 5.83. The molecule has 1 unspecified atom stereocenters. The SMILES string of the molecule is CC(C)COC1[Se]C(C(C)(C)C)=Cc2ccccc21. The quantitative estimate of drug-likeness (QED) is 0.746. The molecule has 19 heavy (non-hydrogen) atoms. The first-order chi connectivity index (χ1) is 8.88. The molecule has 0 N–H and O–H groups in total. The van der Waals surface area contributed by atoms with Gasteiger partial charge < -0.3 is 0 Å². The van der Waals surface area contributed by atoms with Crippen LogP contribution in [0, 0.1) is 11.3 Å². The van der Waals surface area contributed by atoms with Crippen LogP contribution in [0.3, 0.4) is 0 Å². The van der Waals surface area contributed by atoms with E-state index in [1.807, 2.05) is 0 Å². The Balaban J connectivity index is 2.29. The van der Waals surface area contributed by atoms with Crippen molar-refractivity contribution in [3.63, 3.8) is 0 Å². The van der Waals surface area contributed by atoms with Gasteiger partial charge in [0.1, 0.15) is 0 Å². The van der Waals surface area contributed by atoms with Crippen LogP contribution < -0.4 is 0 Å². The van der Waals surface area contributed by atoms with Gasteiger partial charge in [-0.3, -0.25) is 0 Å². The summed E-state index contributed by atoms with van der Waals surface area (Å²) in [6, 6.07) is 8.67. The monoisotopic (exact) mass is 324 g/mol. The van der Waals surface area contributed by atoms with Crippen molar-refractivity contribution in [2.45, 2.75) is 39.6 Å². The van der Waals surface area contributed by atoms with Crippen molar-refractivity contribution in [2.75, 3.05) is 6.61 Å². The summed E-state index contributed by atoms with van der Waals surface area (Å²) >= 11 is 0.390. The summed E-state index contributed by atoms with van der Waals surface area (Å²) in [6.45, 7) is 12.2. The van der Waals surface area contributed by atoms with Crippen LogP contribution in [-0.2, 0) is 4.74 Å². The second-order valence-corrected chi connectivity index (χ2v) is 8.88. The zero-order valence-electron chi connectivity index (χ0n) is 12.6. The van der Waals surface area contributed by atoms with Crippen LogP contribution in [0.4, 0.5) is 0 Å². The number of hydrogen-bond acceptors (Lipinski definition) is 1. The molecule has 0 saturated heterocycles. The van der Waals surface area contributed by atoms with E-state index >= 15 is 0 Å². The summed E-state index contributed by atoms with van der Waals surface area (Å²) in [6.07, 6.45) is 2.38. The van der Waals surface area contributed by atoms with Crippen molar-refractivity contribution >= 4 is 21.0 Å². The normalized spacial score (nSPS) is 19.3. The number of hydrogen-bond donors (Lipinski definition) is 0. The minimum atomic E-state index is 0.243. The van der Waals surface area contributed by atoms with Gasteiger partial charge in [0.25, 0.3) is 0 Å². The molecule has 0 spiro atoms. The van der Waals surface area contributed by atoms with Gasteiger partial charge in [0.2, 0.25) is 0 Å². The predicted octanol–water partition coefficient (Wildman–Crippen LogP) is 4.46. The molecular formula is C17H24OSe. The summed E-state index contributed by atoms with van der Waals surface area (Å²) in [5.41, 5.74) is 2.96. The average molecular weight is 323 g/mol. The number of rotatable bonds is 3. The van der Waals surface area contributed by atoms with Crippen LogP contribution in [0.25, 0.3) is 6.08 Å². The average Bonchev–Trinajstić information content (AvgIpc) is 2.34. The first-order valence-electron chi connectivity index (χ1n) is 6.97. The second-order valence-electron chi connectivity index (χ2n) is 6.56. The van der Waals surface area contributed by atoms with Crippen LogP contribution in [-0.4, -0.2) is 21.6 Å². The summed E-state index contributed by atoms with van der Waals surface area (Å²) in [4.78, 5) is 0. The van der Waals surface area contributed by atoms with Gasteiger partial charge in [0, 0.05) is 0 Å². The number of allylic oxidation sites excluding steroid dienone is 1. The van der Waals surface area contributed by atoms with E-state index in [1.165, 1.54) is 11.1 Å². The standard InChI is InChI=1S/C17H24OSe/c1-12(2)11-18-16-14-9-7-6-8-13(14)10-15(19-16)17(3,4)5/h6-10,12,16H,11H2,1-5H3. The maximum atomic E-state index is 6.18. The Morgan fingerprint density at radius 3 is 2.53 bits per heavy atom. The van der Waals surface area contributed by atoms with E-state index in [4.69, 9.17) is 4.74 Å². The van der Waals surface area contributed by atoms with Gasteiger partial charge in [-0.2, -0.15) is 0 Å². The zero-order valence-corrected chi connectivity index (χ0v) is 14.3. The molecule has 104 valence electrons. The Bertz CT molecular complexity index is 468. The van der Waals surface area contributed by atoms with Gasteiger partial charge in [0.15, 0.2) is 0 Å². The molecule has 1 aliphatic heterocycles. The fourth-order valence-corrected chi connectivity index (χ4v) is 4.67. The fraction of sp³-hybridized carbons (Fsp3) is 0.529. The van der Waals surface area contributed by atoms with Gasteiger partial charge in [0.05, 0.1) is 0 Å². The molecule has 0 amide bonds. The van der Waals surface area contributed by atoms with Crippen LogP contribution in [0.2, 0.25) is 0 Å². The molecule has 2 heteroatoms. The molecule has 1 aliphatic rings. The van der Waals surface area contributed by atoms with E-state index in [0.29, 0.717) is 20.9 Å². The molecule has 0 bridgehead atoms. The Hall–Kier alpha value is -0.561. The Labute approximate surface area is 123 Å². The Morgan fingerprint density at radius 2 is 1.89 bits per heavy atom. The van der Waals surface area contributed by atoms with E-state index in [0.717, 1.165) is 6.61 Å². The zero-order chi connectivity index (χ0) is 14.0. The number of ether oxygens (including phenoxy) is 1. The molecule has 2 rings (SSSR count). The molecule has 0 aromatic heterocycles. The van der Waals surface area contributed by atoms with Crippen LogP contribution in [0.15, 0.2) is 28.7 Å². The topological polar surface area (TPSA) is 9.23 Å². The fourth-order valence-electron chi connectivity index (χ4n) is 2.01. The molecule has 1 aromatic carbocycles. The van der Waals surface area contributed by atoms with Crippen molar-refractivity contribution in [1.82, 2.24) is 0 Å². The summed E-state index contributed by atoms with van der Waals surface area (Å²) in [5, 5.41) is 0.283. The van der Waals surface area contributed by atoms with Crippen LogP contribution >= 0.6 is 0 Å². The number of fused-ring (bicyclic) bond motifs is 1. The molecule has 1 nitrogen and oxygen atoms in total. The summed E-state index contributed by atoms with van der Waals surface area (Å²) in [5.74, 6) is 0.590. The van der Waals surface area contributed by atoms with Crippen molar-refractivity contribution in [3.8, 4) is 0 Å². The molecular weight excluding hydrogens is 299 g/mol. The number of benzene rings is 1. The maximum absolute atomic E-state index is 6.18. The van der Waals surface area contributed by atoms with Crippen molar-refractivity contribution in [1.29, 1.82) is 0 Å². The van der Waals surface area contributed by atoms with Crippen molar-refractivity contribution in [3.05, 3.63) is 39.9 Å². The Morgan fingerprint density at radius 1 is 1.21 bits per heavy atom.